The normalized spacial score (nSPS) is 25.8. The molecule has 3 aromatic rings. The molecule has 192 valence electrons. The van der Waals surface area contributed by atoms with Crippen molar-refractivity contribution in [3.63, 3.8) is 0 Å². The highest BCUT2D eigenvalue weighted by atomic mass is 35.5. The van der Waals surface area contributed by atoms with Crippen molar-refractivity contribution in [2.24, 2.45) is 18.2 Å². The maximum atomic E-state index is 6.77. The lowest BCUT2D eigenvalue weighted by Crippen LogP contribution is -2.50. The molecular weight excluding hydrogens is 500 g/mol. The minimum Gasteiger partial charge on any atom is -0.459 e. The maximum Gasteiger partial charge on any atom is 0.297 e. The predicted molar refractivity (Wildman–Crippen MR) is 139 cm³/mol. The molecule has 1 unspecified atom stereocenters. The van der Waals surface area contributed by atoms with Crippen LogP contribution in [0.2, 0.25) is 5.02 Å². The number of imidazole rings is 1. The van der Waals surface area contributed by atoms with Gasteiger partial charge in [0.25, 0.3) is 6.01 Å². The Bertz CT molecular complexity index is 1240. The van der Waals surface area contributed by atoms with Crippen LogP contribution in [0.5, 0.6) is 6.01 Å². The third-order valence-electron chi connectivity index (χ3n) is 7.83. The van der Waals surface area contributed by atoms with Crippen LogP contribution in [0.25, 0.3) is 11.0 Å². The van der Waals surface area contributed by atoms with Gasteiger partial charge in [-0.1, -0.05) is 23.4 Å². The highest BCUT2D eigenvalue weighted by Crippen LogP contribution is 2.42. The molecule has 5 heterocycles. The second-order valence-electron chi connectivity index (χ2n) is 10.0. The Balaban J connectivity index is 1.14. The average molecular weight is 531 g/mol. The molecule has 9 nitrogen and oxygen atoms in total. The van der Waals surface area contributed by atoms with E-state index in [-0.39, 0.29) is 23.7 Å². The SMILES string of the molecule is C[C@@H]1OCC2(CCN(c3cnc(Sc4ccc5c(nc(OC6CCOC6)n5C)c4Cl)cn3)CC2)[C@@H]1N. The van der Waals surface area contributed by atoms with Gasteiger partial charge in [-0.15, -0.1) is 0 Å². The number of halogens is 1. The molecule has 0 saturated carbocycles. The largest absolute Gasteiger partial charge is 0.459 e. The summed E-state index contributed by atoms with van der Waals surface area (Å²) >= 11 is 8.25. The number of anilines is 1. The van der Waals surface area contributed by atoms with Crippen molar-refractivity contribution >= 4 is 40.2 Å². The Morgan fingerprint density at radius 2 is 2.06 bits per heavy atom. The van der Waals surface area contributed by atoms with Crippen LogP contribution in [-0.2, 0) is 16.5 Å². The first-order valence-corrected chi connectivity index (χ1v) is 13.6. The minimum atomic E-state index is 0.0270. The van der Waals surface area contributed by atoms with Crippen LogP contribution >= 0.6 is 23.4 Å². The van der Waals surface area contributed by atoms with Crippen LogP contribution in [0.15, 0.2) is 34.4 Å². The molecule has 0 bridgehead atoms. The number of piperidine rings is 1. The summed E-state index contributed by atoms with van der Waals surface area (Å²) in [7, 11) is 1.93. The molecular formula is C25H31ClN6O3S. The molecule has 36 heavy (non-hydrogen) atoms. The predicted octanol–water partition coefficient (Wildman–Crippen LogP) is 3.67. The van der Waals surface area contributed by atoms with Crippen molar-refractivity contribution in [3.05, 3.63) is 29.5 Å². The Labute approximate surface area is 219 Å². The second-order valence-corrected chi connectivity index (χ2v) is 11.4. The molecule has 1 aromatic carbocycles. The molecule has 11 heteroatoms. The van der Waals surface area contributed by atoms with Gasteiger partial charge in [-0.3, -0.25) is 4.57 Å². The summed E-state index contributed by atoms with van der Waals surface area (Å²) in [5.74, 6) is 0.888. The summed E-state index contributed by atoms with van der Waals surface area (Å²) in [4.78, 5) is 17.2. The van der Waals surface area contributed by atoms with Gasteiger partial charge in [0.05, 0.1) is 48.9 Å². The number of aryl methyl sites for hydroxylation is 1. The van der Waals surface area contributed by atoms with Crippen LogP contribution in [0.1, 0.15) is 26.2 Å². The summed E-state index contributed by atoms with van der Waals surface area (Å²) in [5.41, 5.74) is 8.18. The number of benzene rings is 1. The first-order chi connectivity index (χ1) is 17.4. The van der Waals surface area contributed by atoms with Gasteiger partial charge in [0, 0.05) is 42.9 Å². The van der Waals surface area contributed by atoms with Crippen LogP contribution in [-0.4, -0.2) is 70.7 Å². The first kappa shape index (κ1) is 24.2. The number of hydrogen-bond acceptors (Lipinski definition) is 9. The quantitative estimate of drug-likeness (QED) is 0.529. The van der Waals surface area contributed by atoms with Crippen LogP contribution in [0.3, 0.4) is 0 Å². The average Bonchev–Trinajstić information content (AvgIpc) is 3.59. The number of aromatic nitrogens is 4. The zero-order valence-corrected chi connectivity index (χ0v) is 22.1. The summed E-state index contributed by atoms with van der Waals surface area (Å²) in [6.45, 7) is 5.95. The molecule has 3 aliphatic rings. The minimum absolute atomic E-state index is 0.0270. The summed E-state index contributed by atoms with van der Waals surface area (Å²) in [6.07, 6.45) is 6.70. The fourth-order valence-electron chi connectivity index (χ4n) is 5.42. The number of nitrogens with two attached hydrogens (primary N) is 1. The number of fused-ring (bicyclic) bond motifs is 1. The molecule has 3 saturated heterocycles. The monoisotopic (exact) mass is 530 g/mol. The van der Waals surface area contributed by atoms with E-state index in [0.717, 1.165) is 66.8 Å². The summed E-state index contributed by atoms with van der Waals surface area (Å²) in [5, 5.41) is 1.37. The molecule has 0 radical (unpaired) electrons. The van der Waals surface area contributed by atoms with Crippen molar-refractivity contribution in [3.8, 4) is 6.01 Å². The van der Waals surface area contributed by atoms with Crippen LogP contribution in [0.4, 0.5) is 5.82 Å². The van der Waals surface area contributed by atoms with E-state index < -0.39 is 0 Å². The van der Waals surface area contributed by atoms with Crippen LogP contribution in [0, 0.1) is 5.41 Å². The maximum absolute atomic E-state index is 6.77. The standard InChI is InChI=1S/C25H31ClN6O3S/c1-15-23(27)25(14-34-15)6-8-32(9-7-25)19-11-29-20(12-28-19)36-18-4-3-17-22(21(18)26)30-24(31(17)2)35-16-5-10-33-13-16/h3-4,11-12,15-16,23H,5-10,13-14,27H2,1-2H3/t15-,16?,23+/m0/s1. The smallest absolute Gasteiger partial charge is 0.297 e. The van der Waals surface area contributed by atoms with E-state index in [2.05, 4.69) is 21.8 Å². The lowest BCUT2D eigenvalue weighted by atomic mass is 9.73. The van der Waals surface area contributed by atoms with Crippen molar-refractivity contribution in [1.29, 1.82) is 0 Å². The molecule has 0 amide bonds. The molecule has 6 rings (SSSR count). The van der Waals surface area contributed by atoms with Gasteiger partial charge in [0.2, 0.25) is 0 Å². The summed E-state index contributed by atoms with van der Waals surface area (Å²) < 4.78 is 19.2. The topological polar surface area (TPSA) is 101 Å². The van der Waals surface area contributed by atoms with Crippen molar-refractivity contribution in [1.82, 2.24) is 19.5 Å². The van der Waals surface area contributed by atoms with E-state index in [0.29, 0.717) is 23.2 Å². The second kappa shape index (κ2) is 9.64. The number of rotatable bonds is 5. The molecule has 2 aromatic heterocycles. The Morgan fingerprint density at radius 1 is 1.22 bits per heavy atom. The number of nitrogens with zero attached hydrogens (tertiary/aromatic N) is 5. The first-order valence-electron chi connectivity index (χ1n) is 12.4. The summed E-state index contributed by atoms with van der Waals surface area (Å²) in [6, 6.07) is 4.66. The lowest BCUT2D eigenvalue weighted by Gasteiger charge is -2.41. The van der Waals surface area contributed by atoms with Gasteiger partial charge >= 0.3 is 0 Å². The fourth-order valence-corrected chi connectivity index (χ4v) is 6.49. The third kappa shape index (κ3) is 4.32. The fraction of sp³-hybridized carbons (Fsp3) is 0.560. The Morgan fingerprint density at radius 3 is 2.72 bits per heavy atom. The van der Waals surface area contributed by atoms with E-state index in [1.165, 1.54) is 11.8 Å². The molecule has 1 spiro atoms. The van der Waals surface area contributed by atoms with E-state index in [1.54, 1.807) is 0 Å². The van der Waals surface area contributed by atoms with E-state index >= 15 is 0 Å². The van der Waals surface area contributed by atoms with Gasteiger partial charge in [-0.25, -0.2) is 9.97 Å². The highest BCUT2D eigenvalue weighted by molar-refractivity contribution is 7.99. The molecule has 2 N–H and O–H groups in total. The molecule has 3 atom stereocenters. The van der Waals surface area contributed by atoms with Gasteiger partial charge < -0.3 is 24.8 Å². The van der Waals surface area contributed by atoms with Crippen molar-refractivity contribution in [2.75, 3.05) is 37.8 Å². The van der Waals surface area contributed by atoms with Gasteiger partial charge in [0.1, 0.15) is 22.5 Å². The zero-order valence-electron chi connectivity index (χ0n) is 20.5. The van der Waals surface area contributed by atoms with E-state index in [1.807, 2.05) is 36.1 Å². The van der Waals surface area contributed by atoms with E-state index in [4.69, 9.17) is 36.5 Å². The highest BCUT2D eigenvalue weighted by Gasteiger charge is 2.47. The third-order valence-corrected chi connectivity index (χ3v) is 9.31. The van der Waals surface area contributed by atoms with Crippen molar-refractivity contribution in [2.45, 2.75) is 54.4 Å². The Kier molecular flexibility index (Phi) is 6.49. The molecule has 0 aliphatic carbocycles. The van der Waals surface area contributed by atoms with Gasteiger partial charge in [0.15, 0.2) is 0 Å². The van der Waals surface area contributed by atoms with Gasteiger partial charge in [-0.05, 0) is 31.9 Å². The molecule has 3 fully saturated rings. The van der Waals surface area contributed by atoms with E-state index in [9.17, 15) is 0 Å². The molecule has 3 aliphatic heterocycles. The number of hydrogen-bond donors (Lipinski definition) is 1. The van der Waals surface area contributed by atoms with Crippen LogP contribution < -0.4 is 15.4 Å². The lowest BCUT2D eigenvalue weighted by molar-refractivity contribution is 0.0974. The zero-order chi connectivity index (χ0) is 24.9. The Hall–Kier alpha value is -2.11. The number of ether oxygens (including phenoxy) is 3. The van der Waals surface area contributed by atoms with Gasteiger partial charge in [-0.2, -0.15) is 4.98 Å². The van der Waals surface area contributed by atoms with Crippen molar-refractivity contribution < 1.29 is 14.2 Å².